The third-order valence-electron chi connectivity index (χ3n) is 5.25. The summed E-state index contributed by atoms with van der Waals surface area (Å²) >= 11 is 0. The molecular weight excluding hydrogens is 469 g/mol. The van der Waals surface area contributed by atoms with Gasteiger partial charge in [0.2, 0.25) is 0 Å². The molecule has 1 aromatic rings. The molecule has 0 unspecified atom stereocenters. The Morgan fingerprint density at radius 2 is 1.48 bits per heavy atom. The van der Waals surface area contributed by atoms with Gasteiger partial charge in [-0.05, 0) is 25.7 Å². The van der Waals surface area contributed by atoms with E-state index in [-0.39, 0.29) is 32.1 Å². The molecule has 1 aliphatic rings. The number of unbranched alkanes of at least 4 members (excludes halogenated alkanes) is 1. The third kappa shape index (κ3) is 6.65. The minimum atomic E-state index is -3.60. The lowest BCUT2D eigenvalue weighted by Crippen LogP contribution is -2.36. The highest BCUT2D eigenvalue weighted by molar-refractivity contribution is 7.53. The van der Waals surface area contributed by atoms with Crippen LogP contribution in [0.3, 0.4) is 0 Å². The number of rotatable bonds is 11. The highest BCUT2D eigenvalue weighted by Crippen LogP contribution is 2.48. The minimum absolute atomic E-state index is 0.0780. The molecule has 0 amide bonds. The van der Waals surface area contributed by atoms with Crippen LogP contribution in [0.5, 0.6) is 0 Å². The summed E-state index contributed by atoms with van der Waals surface area (Å²) in [5.74, 6) is 2.37. The van der Waals surface area contributed by atoms with Gasteiger partial charge < -0.3 is 14.6 Å². The smallest absolute Gasteiger partial charge is 0.371 e. The Bertz CT molecular complexity index is 843. The highest BCUT2D eigenvalue weighted by atomic mass is 31.2. The van der Waals surface area contributed by atoms with E-state index in [1.807, 2.05) is 0 Å². The second-order valence-corrected chi connectivity index (χ2v) is 10.3. The van der Waals surface area contributed by atoms with Crippen molar-refractivity contribution in [3.8, 4) is 0 Å². The van der Waals surface area contributed by atoms with Gasteiger partial charge in [-0.1, -0.05) is 19.3 Å². The molecular formula is C19H30F4N5O4P. The Morgan fingerprint density at radius 1 is 0.970 bits per heavy atom. The third-order valence-corrected chi connectivity index (χ3v) is 7.36. The van der Waals surface area contributed by atoms with Crippen molar-refractivity contribution in [3.05, 3.63) is 28.8 Å². The molecule has 0 radical (unpaired) electrons. The first-order valence-electron chi connectivity index (χ1n) is 10.5. The molecule has 0 atom stereocenters. The van der Waals surface area contributed by atoms with Crippen LogP contribution in [0.4, 0.5) is 23.2 Å². The number of carbonyl (C=O) groups excluding carboxylic acids is 1. The second kappa shape index (κ2) is 12.1. The Hall–Kier alpha value is -1.76. The fourth-order valence-electron chi connectivity index (χ4n) is 3.42. The summed E-state index contributed by atoms with van der Waals surface area (Å²) in [6.45, 7) is -0.404. The van der Waals surface area contributed by atoms with E-state index < -0.39 is 48.2 Å². The van der Waals surface area contributed by atoms with Gasteiger partial charge in [-0.15, -0.1) is 0 Å². The molecule has 0 bridgehead atoms. The van der Waals surface area contributed by atoms with Gasteiger partial charge in [0.15, 0.2) is 23.3 Å². The lowest BCUT2D eigenvalue weighted by Gasteiger charge is -2.28. The average molecular weight is 499 g/mol. The number of hydrazine groups is 2. The molecule has 1 aromatic carbocycles. The summed E-state index contributed by atoms with van der Waals surface area (Å²) in [6, 6.07) is -0.310. The van der Waals surface area contributed by atoms with E-state index in [9.17, 15) is 26.9 Å². The molecule has 0 heterocycles. The molecule has 5 N–H and O–H groups in total. The zero-order valence-electron chi connectivity index (χ0n) is 18.6. The lowest BCUT2D eigenvalue weighted by atomic mass is 9.95. The van der Waals surface area contributed by atoms with Gasteiger partial charge in [0.1, 0.15) is 11.3 Å². The summed E-state index contributed by atoms with van der Waals surface area (Å²) < 4.78 is 81.6. The van der Waals surface area contributed by atoms with E-state index in [2.05, 4.69) is 5.32 Å². The molecule has 0 saturated heterocycles. The SMILES string of the molecule is CN(N)P(=O)(OCCCCOC(=O)c1c(F)c(F)c(NC2CCCCC2)c(F)c1F)N(C)N. The molecule has 0 aliphatic heterocycles. The molecule has 1 saturated carbocycles. The van der Waals surface area contributed by atoms with Crippen LogP contribution >= 0.6 is 7.67 Å². The number of nitrogens with one attached hydrogen (secondary N) is 1. The molecule has 1 fully saturated rings. The average Bonchev–Trinajstić information content (AvgIpc) is 2.78. The number of nitrogens with zero attached hydrogens (tertiary/aromatic N) is 2. The van der Waals surface area contributed by atoms with Gasteiger partial charge in [0.05, 0.1) is 13.2 Å². The number of nitrogens with two attached hydrogens (primary N) is 2. The number of benzene rings is 1. The van der Waals surface area contributed by atoms with Gasteiger partial charge >= 0.3 is 13.6 Å². The van der Waals surface area contributed by atoms with Crippen LogP contribution in [0.15, 0.2) is 0 Å². The summed E-state index contributed by atoms with van der Waals surface area (Å²) in [7, 11) is -0.978. The van der Waals surface area contributed by atoms with Crippen molar-refractivity contribution in [2.75, 3.05) is 32.6 Å². The summed E-state index contributed by atoms with van der Waals surface area (Å²) in [5, 5.41) is 2.52. The largest absolute Gasteiger partial charge is 0.462 e. The van der Waals surface area contributed by atoms with Crippen LogP contribution < -0.4 is 17.0 Å². The van der Waals surface area contributed by atoms with Gasteiger partial charge in [-0.3, -0.25) is 16.3 Å². The second-order valence-electron chi connectivity index (χ2n) is 7.80. The van der Waals surface area contributed by atoms with Crippen molar-refractivity contribution >= 4 is 19.3 Å². The first kappa shape index (κ1) is 27.5. The topological polar surface area (TPSA) is 123 Å². The number of ether oxygens (including phenoxy) is 1. The minimum Gasteiger partial charge on any atom is -0.462 e. The van der Waals surface area contributed by atoms with Crippen molar-refractivity contribution in [3.63, 3.8) is 0 Å². The molecule has 0 spiro atoms. The van der Waals surface area contributed by atoms with Gasteiger partial charge in [-0.25, -0.2) is 22.4 Å². The van der Waals surface area contributed by atoms with Crippen LogP contribution in [0, 0.1) is 23.3 Å². The van der Waals surface area contributed by atoms with E-state index in [0.717, 1.165) is 28.8 Å². The predicted molar refractivity (Wildman–Crippen MR) is 114 cm³/mol. The van der Waals surface area contributed by atoms with Gasteiger partial charge in [0.25, 0.3) is 0 Å². The van der Waals surface area contributed by atoms with Crippen molar-refractivity contribution in [1.29, 1.82) is 0 Å². The quantitative estimate of drug-likeness (QED) is 0.0796. The standard InChI is InChI=1S/C19H30F4N5O4P/c1-27(24)33(30,28(2)25)32-11-7-6-10-31-19(29)13-14(20)16(22)18(17(23)15(13)21)26-12-8-4-3-5-9-12/h12,26H,3-11,24-25H2,1-2H3. The highest BCUT2D eigenvalue weighted by Gasteiger charge is 2.32. The molecule has 0 aromatic heterocycles. The van der Waals surface area contributed by atoms with E-state index in [0.29, 0.717) is 12.8 Å². The maximum atomic E-state index is 14.4. The van der Waals surface area contributed by atoms with E-state index in [4.69, 9.17) is 20.9 Å². The number of esters is 1. The molecule has 1 aliphatic carbocycles. The van der Waals surface area contributed by atoms with E-state index >= 15 is 0 Å². The lowest BCUT2D eigenvalue weighted by molar-refractivity contribution is 0.0479. The van der Waals surface area contributed by atoms with Crippen LogP contribution in [-0.4, -0.2) is 48.9 Å². The predicted octanol–water partition coefficient (Wildman–Crippen LogP) is 3.66. The first-order chi connectivity index (χ1) is 15.5. The van der Waals surface area contributed by atoms with Crippen LogP contribution in [0.2, 0.25) is 0 Å². The number of hydrogen-bond donors (Lipinski definition) is 3. The number of carbonyl (C=O) groups is 1. The van der Waals surface area contributed by atoms with E-state index in [1.165, 1.54) is 14.1 Å². The molecule has 14 heteroatoms. The molecule has 9 nitrogen and oxygen atoms in total. The number of hydrogen-bond acceptors (Lipinski definition) is 7. The number of anilines is 1. The van der Waals surface area contributed by atoms with Crippen molar-refractivity contribution in [2.24, 2.45) is 11.7 Å². The normalized spacial score (nSPS) is 15.3. The summed E-state index contributed by atoms with van der Waals surface area (Å²) in [4.78, 5) is 12.1. The zero-order chi connectivity index (χ0) is 24.8. The molecule has 33 heavy (non-hydrogen) atoms. The Kier molecular flexibility index (Phi) is 10.1. The van der Waals surface area contributed by atoms with Crippen molar-refractivity contribution in [2.45, 2.75) is 51.0 Å². The Balaban J connectivity index is 1.95. The summed E-state index contributed by atoms with van der Waals surface area (Å²) in [6.07, 6.45) is 4.26. The maximum Gasteiger partial charge on any atom is 0.371 e. The number of halogens is 4. The fourth-order valence-corrected chi connectivity index (χ4v) is 4.59. The monoisotopic (exact) mass is 499 g/mol. The van der Waals surface area contributed by atoms with Crippen molar-refractivity contribution < 1.29 is 36.2 Å². The zero-order valence-corrected chi connectivity index (χ0v) is 19.5. The maximum absolute atomic E-state index is 14.4. The van der Waals surface area contributed by atoms with Crippen molar-refractivity contribution in [1.82, 2.24) is 9.56 Å². The summed E-state index contributed by atoms with van der Waals surface area (Å²) in [5.41, 5.74) is -2.36. The molecule has 2 rings (SSSR count). The first-order valence-corrected chi connectivity index (χ1v) is 12.1. The van der Waals surface area contributed by atoms with E-state index in [1.54, 1.807) is 0 Å². The Morgan fingerprint density at radius 3 is 2.00 bits per heavy atom. The van der Waals surface area contributed by atoms with Gasteiger partial charge in [-0.2, -0.15) is 9.56 Å². The van der Waals surface area contributed by atoms with Gasteiger partial charge in [0, 0.05) is 20.1 Å². The van der Waals surface area contributed by atoms with Crippen LogP contribution in [0.25, 0.3) is 0 Å². The van der Waals surface area contributed by atoms with Crippen LogP contribution in [0.1, 0.15) is 55.3 Å². The Labute approximate surface area is 189 Å². The van der Waals surface area contributed by atoms with Crippen LogP contribution in [-0.2, 0) is 13.8 Å². The fraction of sp³-hybridized carbons (Fsp3) is 0.632. The molecule has 188 valence electrons.